The lowest BCUT2D eigenvalue weighted by Gasteiger charge is -2.34. The molecule has 2 aliphatic heterocycles. The van der Waals surface area contributed by atoms with Crippen molar-refractivity contribution in [3.8, 4) is 0 Å². The molecular formula is C17H29N5O3S. The minimum absolute atomic E-state index is 0.0117. The number of amides is 1. The van der Waals surface area contributed by atoms with E-state index in [2.05, 4.69) is 22.4 Å². The van der Waals surface area contributed by atoms with E-state index in [4.69, 9.17) is 0 Å². The van der Waals surface area contributed by atoms with E-state index in [0.29, 0.717) is 18.7 Å². The topological polar surface area (TPSA) is 87.5 Å². The number of carbonyl (C=O) groups is 1. The van der Waals surface area contributed by atoms with E-state index in [9.17, 15) is 13.2 Å². The number of aryl methyl sites for hydroxylation is 1. The van der Waals surface area contributed by atoms with Gasteiger partial charge in [0.05, 0.1) is 17.8 Å². The number of carbonyl (C=O) groups excluding carboxylic acids is 1. The lowest BCUT2D eigenvalue weighted by molar-refractivity contribution is -0.127. The maximum absolute atomic E-state index is 13.0. The van der Waals surface area contributed by atoms with Crippen LogP contribution < -0.4 is 5.32 Å². The normalized spacial score (nSPS) is 23.9. The minimum Gasteiger partial charge on any atom is -0.353 e. The summed E-state index contributed by atoms with van der Waals surface area (Å²) in [6.45, 7) is 4.41. The zero-order valence-corrected chi connectivity index (χ0v) is 16.6. The molecule has 1 N–H and O–H groups in total. The van der Waals surface area contributed by atoms with Crippen molar-refractivity contribution in [3.05, 3.63) is 11.9 Å². The van der Waals surface area contributed by atoms with Gasteiger partial charge in [-0.3, -0.25) is 9.48 Å². The third-order valence-corrected chi connectivity index (χ3v) is 7.60. The van der Waals surface area contributed by atoms with Crippen LogP contribution in [0.4, 0.5) is 0 Å². The molecule has 3 rings (SSSR count). The third kappa shape index (κ3) is 3.94. The van der Waals surface area contributed by atoms with Crippen LogP contribution in [0.5, 0.6) is 0 Å². The number of sulfonamides is 1. The van der Waals surface area contributed by atoms with Crippen LogP contribution in [-0.4, -0.2) is 72.6 Å². The molecule has 8 nitrogen and oxygen atoms in total. The fourth-order valence-electron chi connectivity index (χ4n) is 3.72. The van der Waals surface area contributed by atoms with Crippen molar-refractivity contribution >= 4 is 15.9 Å². The van der Waals surface area contributed by atoms with Gasteiger partial charge in [-0.2, -0.15) is 9.40 Å². The van der Waals surface area contributed by atoms with Crippen molar-refractivity contribution < 1.29 is 13.2 Å². The van der Waals surface area contributed by atoms with Gasteiger partial charge in [-0.25, -0.2) is 8.42 Å². The Morgan fingerprint density at radius 2 is 1.88 bits per heavy atom. The molecule has 1 atom stereocenters. The molecule has 2 fully saturated rings. The molecule has 0 bridgehead atoms. The van der Waals surface area contributed by atoms with Crippen molar-refractivity contribution in [1.82, 2.24) is 24.3 Å². The van der Waals surface area contributed by atoms with Crippen LogP contribution in [0.3, 0.4) is 0 Å². The summed E-state index contributed by atoms with van der Waals surface area (Å²) in [7, 11) is 0.195. The summed E-state index contributed by atoms with van der Waals surface area (Å²) in [4.78, 5) is 15.2. The molecule has 1 amide bonds. The van der Waals surface area contributed by atoms with Gasteiger partial charge in [0.2, 0.25) is 15.9 Å². The Balaban J connectivity index is 1.65. The Morgan fingerprint density at radius 1 is 1.19 bits per heavy atom. The Hall–Kier alpha value is -1.45. The first-order chi connectivity index (χ1) is 12.3. The van der Waals surface area contributed by atoms with Gasteiger partial charge in [0.15, 0.2) is 0 Å². The first-order valence-electron chi connectivity index (χ1n) is 9.26. The molecule has 0 aliphatic carbocycles. The smallest absolute Gasteiger partial charge is 0.246 e. The zero-order valence-electron chi connectivity index (χ0n) is 15.8. The number of hydrogen-bond donors (Lipinski definition) is 1. The van der Waals surface area contributed by atoms with Crippen LogP contribution in [0.15, 0.2) is 11.1 Å². The number of piperidine rings is 2. The van der Waals surface area contributed by atoms with Crippen LogP contribution in [0.2, 0.25) is 0 Å². The molecule has 1 aromatic heterocycles. The van der Waals surface area contributed by atoms with E-state index in [0.717, 1.165) is 32.4 Å². The van der Waals surface area contributed by atoms with Gasteiger partial charge in [-0.1, -0.05) is 0 Å². The van der Waals surface area contributed by atoms with Gasteiger partial charge in [-0.15, -0.1) is 0 Å². The summed E-state index contributed by atoms with van der Waals surface area (Å²) in [6, 6.07) is 0.200. The molecule has 3 heterocycles. The first-order valence-corrected chi connectivity index (χ1v) is 10.7. The molecule has 0 radical (unpaired) electrons. The summed E-state index contributed by atoms with van der Waals surface area (Å²) in [6.07, 6.45) is 4.73. The molecule has 9 heteroatoms. The second-order valence-corrected chi connectivity index (χ2v) is 9.41. The molecule has 146 valence electrons. The van der Waals surface area contributed by atoms with E-state index in [1.54, 1.807) is 18.7 Å². The Bertz CT molecular complexity index is 752. The van der Waals surface area contributed by atoms with Gasteiger partial charge in [-0.05, 0) is 52.7 Å². The van der Waals surface area contributed by atoms with Crippen LogP contribution in [0.1, 0.15) is 31.4 Å². The predicted molar refractivity (Wildman–Crippen MR) is 98.1 cm³/mol. The van der Waals surface area contributed by atoms with Crippen LogP contribution in [-0.2, 0) is 21.9 Å². The lowest BCUT2D eigenvalue weighted by atomic mass is 9.97. The zero-order chi connectivity index (χ0) is 18.9. The van der Waals surface area contributed by atoms with E-state index in [1.165, 1.54) is 10.5 Å². The standard InChI is InChI=1S/C17H29N5O3S/c1-13-16(11-18-21(13)3)26(24,25)22-8-4-5-14(12-22)17(23)19-15-6-9-20(2)10-7-15/h11,14-15H,4-10,12H2,1-3H3,(H,19,23). The van der Waals surface area contributed by atoms with E-state index >= 15 is 0 Å². The largest absolute Gasteiger partial charge is 0.353 e. The van der Waals surface area contributed by atoms with Crippen molar-refractivity contribution in [2.75, 3.05) is 33.2 Å². The monoisotopic (exact) mass is 383 g/mol. The fraction of sp³-hybridized carbons (Fsp3) is 0.765. The maximum Gasteiger partial charge on any atom is 0.246 e. The highest BCUT2D eigenvalue weighted by Crippen LogP contribution is 2.25. The number of nitrogens with zero attached hydrogens (tertiary/aromatic N) is 4. The van der Waals surface area contributed by atoms with Crippen LogP contribution >= 0.6 is 0 Å². The van der Waals surface area contributed by atoms with E-state index in [1.807, 2.05) is 0 Å². The van der Waals surface area contributed by atoms with E-state index in [-0.39, 0.29) is 29.3 Å². The quantitative estimate of drug-likeness (QED) is 0.810. The number of aromatic nitrogens is 2. The molecule has 0 spiro atoms. The number of rotatable bonds is 4. The Morgan fingerprint density at radius 3 is 2.50 bits per heavy atom. The highest BCUT2D eigenvalue weighted by Gasteiger charge is 2.35. The van der Waals surface area contributed by atoms with Crippen molar-refractivity contribution in [2.24, 2.45) is 13.0 Å². The van der Waals surface area contributed by atoms with Crippen molar-refractivity contribution in [3.63, 3.8) is 0 Å². The van der Waals surface area contributed by atoms with Gasteiger partial charge in [0, 0.05) is 26.2 Å². The summed E-state index contributed by atoms with van der Waals surface area (Å²) < 4.78 is 28.9. The Labute approximate surface area is 155 Å². The summed E-state index contributed by atoms with van der Waals surface area (Å²) in [5, 5.41) is 7.18. The fourth-order valence-corrected chi connectivity index (χ4v) is 5.43. The third-order valence-electron chi connectivity index (χ3n) is 5.63. The number of hydrogen-bond acceptors (Lipinski definition) is 5. The Kier molecular flexibility index (Phi) is 5.69. The average Bonchev–Trinajstić information content (AvgIpc) is 2.97. The second-order valence-electron chi connectivity index (χ2n) is 7.51. The number of nitrogens with one attached hydrogen (secondary N) is 1. The molecule has 1 aromatic rings. The second kappa shape index (κ2) is 7.66. The van der Waals surface area contributed by atoms with Crippen molar-refractivity contribution in [2.45, 2.75) is 43.5 Å². The van der Waals surface area contributed by atoms with Gasteiger partial charge < -0.3 is 10.2 Å². The van der Waals surface area contributed by atoms with Crippen LogP contribution in [0.25, 0.3) is 0 Å². The van der Waals surface area contributed by atoms with Gasteiger partial charge in [0.25, 0.3) is 0 Å². The molecule has 0 saturated carbocycles. The maximum atomic E-state index is 13.0. The summed E-state index contributed by atoms with van der Waals surface area (Å²) in [5.74, 6) is -0.294. The minimum atomic E-state index is -3.62. The highest BCUT2D eigenvalue weighted by atomic mass is 32.2. The molecule has 1 unspecified atom stereocenters. The lowest BCUT2D eigenvalue weighted by Crippen LogP contribution is -2.49. The molecule has 26 heavy (non-hydrogen) atoms. The molecule has 2 aliphatic rings. The summed E-state index contributed by atoms with van der Waals surface area (Å²) >= 11 is 0. The predicted octanol–water partition coefficient (Wildman–Crippen LogP) is 0.340. The SMILES string of the molecule is Cc1c(S(=O)(=O)N2CCCC(C(=O)NC3CCN(C)CC3)C2)cnn1C. The molecule has 0 aromatic carbocycles. The summed E-state index contributed by atoms with van der Waals surface area (Å²) in [5.41, 5.74) is 0.614. The first kappa shape index (κ1) is 19.3. The van der Waals surface area contributed by atoms with Crippen LogP contribution in [0, 0.1) is 12.8 Å². The van der Waals surface area contributed by atoms with Crippen molar-refractivity contribution in [1.29, 1.82) is 0 Å². The average molecular weight is 384 g/mol. The highest BCUT2D eigenvalue weighted by molar-refractivity contribution is 7.89. The van der Waals surface area contributed by atoms with Gasteiger partial charge in [0.1, 0.15) is 4.90 Å². The van der Waals surface area contributed by atoms with E-state index < -0.39 is 10.0 Å². The van der Waals surface area contributed by atoms with Gasteiger partial charge >= 0.3 is 0 Å². The molecular weight excluding hydrogens is 354 g/mol. The molecule has 2 saturated heterocycles. The number of likely N-dealkylation sites (tertiary alicyclic amines) is 1.